The Labute approximate surface area is 209 Å². The Morgan fingerprint density at radius 3 is 2.66 bits per heavy atom. The van der Waals surface area contributed by atoms with Gasteiger partial charge in [0.1, 0.15) is 11.3 Å². The second-order valence-electron chi connectivity index (χ2n) is 9.16. The maximum absolute atomic E-state index is 6.62. The van der Waals surface area contributed by atoms with Gasteiger partial charge < -0.3 is 19.5 Å². The van der Waals surface area contributed by atoms with Crippen LogP contribution in [0.5, 0.6) is 0 Å². The molecule has 35 heavy (non-hydrogen) atoms. The minimum Gasteiger partial charge on any atom is -0.378 e. The number of ether oxygens (including phenoxy) is 1. The van der Waals surface area contributed by atoms with Crippen LogP contribution >= 0.6 is 11.6 Å². The highest BCUT2D eigenvalue weighted by molar-refractivity contribution is 6.33. The van der Waals surface area contributed by atoms with Gasteiger partial charge in [0.2, 0.25) is 0 Å². The number of H-pyrrole nitrogens is 1. The van der Waals surface area contributed by atoms with E-state index < -0.39 is 0 Å². The molecule has 0 spiro atoms. The Balaban J connectivity index is 1.27. The molecule has 1 N–H and O–H groups in total. The van der Waals surface area contributed by atoms with Crippen LogP contribution in [-0.2, 0) is 4.74 Å². The van der Waals surface area contributed by atoms with Crippen molar-refractivity contribution in [2.75, 3.05) is 50.8 Å². The fraction of sp³-hybridized carbons (Fsp3) is 0.440. The van der Waals surface area contributed by atoms with Gasteiger partial charge in [-0.3, -0.25) is 4.68 Å². The zero-order valence-corrected chi connectivity index (χ0v) is 20.6. The van der Waals surface area contributed by atoms with Crippen molar-refractivity contribution in [3.05, 3.63) is 42.1 Å². The van der Waals surface area contributed by atoms with Crippen LogP contribution in [0.15, 0.2) is 37.1 Å². The third-order valence-electron chi connectivity index (χ3n) is 7.10. The summed E-state index contributed by atoms with van der Waals surface area (Å²) in [6.07, 6.45) is 11.9. The van der Waals surface area contributed by atoms with Crippen molar-refractivity contribution >= 4 is 28.6 Å². The monoisotopic (exact) mass is 492 g/mol. The standard InChI is InChI=1S/C25H29ClN8O/c1-2-32-5-3-19(4-6-32)34-16-18(13-30-34)20-14-27-24-23(20)31-22(15-28-24)17-11-21(26)25(29-12-17)33-7-9-35-10-8-33/h11-16,19H,2-10H2,1H3,(H,27,28). The van der Waals surface area contributed by atoms with E-state index in [2.05, 4.69) is 42.6 Å². The normalized spacial score (nSPS) is 17.9. The van der Waals surface area contributed by atoms with Gasteiger partial charge in [0.15, 0.2) is 5.65 Å². The van der Waals surface area contributed by atoms with Crippen LogP contribution in [0, 0.1) is 0 Å². The number of halogens is 1. The molecule has 0 amide bonds. The molecule has 0 atom stereocenters. The lowest BCUT2D eigenvalue weighted by Crippen LogP contribution is -2.36. The predicted molar refractivity (Wildman–Crippen MR) is 137 cm³/mol. The van der Waals surface area contributed by atoms with Crippen LogP contribution in [0.4, 0.5) is 5.82 Å². The first-order chi connectivity index (χ1) is 17.2. The summed E-state index contributed by atoms with van der Waals surface area (Å²) < 4.78 is 7.56. The minimum atomic E-state index is 0.441. The molecule has 10 heteroatoms. The van der Waals surface area contributed by atoms with E-state index in [-0.39, 0.29) is 0 Å². The molecular weight excluding hydrogens is 464 g/mol. The van der Waals surface area contributed by atoms with E-state index in [1.807, 2.05) is 24.7 Å². The first-order valence-electron chi connectivity index (χ1n) is 12.3. The number of rotatable bonds is 5. The van der Waals surface area contributed by atoms with E-state index in [1.165, 1.54) is 0 Å². The molecule has 2 saturated heterocycles. The summed E-state index contributed by atoms with van der Waals surface area (Å²) in [6.45, 7) is 8.54. The Morgan fingerprint density at radius 1 is 1.06 bits per heavy atom. The third-order valence-corrected chi connectivity index (χ3v) is 7.38. The molecule has 2 aliphatic heterocycles. The number of nitrogens with one attached hydrogen (secondary N) is 1. The van der Waals surface area contributed by atoms with Gasteiger partial charge in [-0.2, -0.15) is 5.10 Å². The van der Waals surface area contributed by atoms with Crippen molar-refractivity contribution in [3.63, 3.8) is 0 Å². The zero-order valence-electron chi connectivity index (χ0n) is 19.8. The van der Waals surface area contributed by atoms with E-state index in [9.17, 15) is 0 Å². The maximum atomic E-state index is 6.62. The molecule has 0 radical (unpaired) electrons. The van der Waals surface area contributed by atoms with Crippen molar-refractivity contribution in [3.8, 4) is 22.4 Å². The van der Waals surface area contributed by atoms with E-state index in [0.717, 1.165) is 84.9 Å². The van der Waals surface area contributed by atoms with Crippen molar-refractivity contribution in [1.29, 1.82) is 0 Å². The molecule has 0 bridgehead atoms. The number of hydrogen-bond donors (Lipinski definition) is 1. The zero-order chi connectivity index (χ0) is 23.8. The second kappa shape index (κ2) is 9.56. The van der Waals surface area contributed by atoms with E-state index >= 15 is 0 Å². The molecule has 2 aliphatic rings. The minimum absolute atomic E-state index is 0.441. The van der Waals surface area contributed by atoms with Crippen LogP contribution in [0.2, 0.25) is 5.02 Å². The first kappa shape index (κ1) is 22.5. The van der Waals surface area contributed by atoms with Gasteiger partial charge in [0, 0.05) is 61.5 Å². The molecule has 2 fully saturated rings. The van der Waals surface area contributed by atoms with Crippen molar-refractivity contribution in [2.45, 2.75) is 25.8 Å². The van der Waals surface area contributed by atoms with Gasteiger partial charge in [-0.05, 0) is 25.5 Å². The first-order valence-corrected chi connectivity index (χ1v) is 12.7. The Hall–Kier alpha value is -3.01. The van der Waals surface area contributed by atoms with Gasteiger partial charge >= 0.3 is 0 Å². The number of likely N-dealkylation sites (tertiary alicyclic amines) is 1. The van der Waals surface area contributed by atoms with Crippen molar-refractivity contribution < 1.29 is 4.74 Å². The Morgan fingerprint density at radius 2 is 1.89 bits per heavy atom. The number of morpholine rings is 1. The topological polar surface area (TPSA) is 88.0 Å². The fourth-order valence-corrected chi connectivity index (χ4v) is 5.29. The molecule has 6 rings (SSSR count). The number of fused-ring (bicyclic) bond motifs is 1. The average molecular weight is 493 g/mol. The second-order valence-corrected chi connectivity index (χ2v) is 9.57. The molecule has 9 nitrogen and oxygen atoms in total. The molecule has 0 unspecified atom stereocenters. The molecule has 182 valence electrons. The van der Waals surface area contributed by atoms with Crippen LogP contribution in [0.3, 0.4) is 0 Å². The molecule has 6 heterocycles. The van der Waals surface area contributed by atoms with E-state index in [1.54, 1.807) is 6.20 Å². The van der Waals surface area contributed by atoms with Crippen LogP contribution in [-0.4, -0.2) is 80.6 Å². The van der Waals surface area contributed by atoms with Gasteiger partial charge in [-0.15, -0.1) is 0 Å². The highest BCUT2D eigenvalue weighted by Crippen LogP contribution is 2.32. The van der Waals surface area contributed by atoms with Gasteiger partial charge in [0.25, 0.3) is 0 Å². The maximum Gasteiger partial charge on any atom is 0.156 e. The number of piperidine rings is 1. The summed E-state index contributed by atoms with van der Waals surface area (Å²) in [5.41, 5.74) is 5.18. The molecule has 4 aromatic heterocycles. The Bertz CT molecular complexity index is 1320. The summed E-state index contributed by atoms with van der Waals surface area (Å²) in [6, 6.07) is 2.36. The van der Waals surface area contributed by atoms with E-state index in [4.69, 9.17) is 26.4 Å². The number of anilines is 1. The lowest BCUT2D eigenvalue weighted by Gasteiger charge is -2.31. The number of pyridine rings is 1. The number of aromatic amines is 1. The quantitative estimate of drug-likeness (QED) is 0.450. The highest BCUT2D eigenvalue weighted by atomic mass is 35.5. The molecule has 4 aromatic rings. The van der Waals surface area contributed by atoms with Crippen LogP contribution in [0.1, 0.15) is 25.8 Å². The Kier molecular flexibility index (Phi) is 6.13. The van der Waals surface area contributed by atoms with Gasteiger partial charge in [-0.1, -0.05) is 18.5 Å². The SMILES string of the molecule is CCN1CCC(n2cc(-c3c[nH]c4ncc(-c5cnc(N6CCOCC6)c(Cl)c5)nc34)cn2)CC1. The van der Waals surface area contributed by atoms with E-state index in [0.29, 0.717) is 24.3 Å². The lowest BCUT2D eigenvalue weighted by molar-refractivity contribution is 0.122. The van der Waals surface area contributed by atoms with Crippen molar-refractivity contribution in [2.24, 2.45) is 0 Å². The number of hydrogen-bond acceptors (Lipinski definition) is 7. The van der Waals surface area contributed by atoms with Gasteiger partial charge in [0.05, 0.1) is 42.4 Å². The molecule has 0 saturated carbocycles. The summed E-state index contributed by atoms with van der Waals surface area (Å²) in [4.78, 5) is 22.1. The number of aromatic nitrogens is 6. The van der Waals surface area contributed by atoms with Crippen LogP contribution < -0.4 is 4.90 Å². The molecule has 0 aromatic carbocycles. The summed E-state index contributed by atoms with van der Waals surface area (Å²) in [5, 5.41) is 5.30. The third kappa shape index (κ3) is 4.39. The summed E-state index contributed by atoms with van der Waals surface area (Å²) in [7, 11) is 0. The predicted octanol–water partition coefficient (Wildman–Crippen LogP) is 4.03. The fourth-order valence-electron chi connectivity index (χ4n) is 5.01. The summed E-state index contributed by atoms with van der Waals surface area (Å²) >= 11 is 6.62. The highest BCUT2D eigenvalue weighted by Gasteiger charge is 2.21. The van der Waals surface area contributed by atoms with Gasteiger partial charge in [-0.25, -0.2) is 15.0 Å². The van der Waals surface area contributed by atoms with Crippen molar-refractivity contribution in [1.82, 2.24) is 34.6 Å². The molecular formula is C25H29ClN8O. The largest absolute Gasteiger partial charge is 0.378 e. The average Bonchev–Trinajstić information content (AvgIpc) is 3.56. The smallest absolute Gasteiger partial charge is 0.156 e. The van der Waals surface area contributed by atoms with Crippen LogP contribution in [0.25, 0.3) is 33.5 Å². The molecule has 0 aliphatic carbocycles. The lowest BCUT2D eigenvalue weighted by atomic mass is 10.1. The number of nitrogens with zero attached hydrogens (tertiary/aromatic N) is 7. The summed E-state index contributed by atoms with van der Waals surface area (Å²) in [5.74, 6) is 0.785.